The van der Waals surface area contributed by atoms with Gasteiger partial charge in [0.25, 0.3) is 0 Å². The topological polar surface area (TPSA) is 51.2 Å². The number of aryl methyl sites for hydroxylation is 1. The van der Waals surface area contributed by atoms with Gasteiger partial charge < -0.3 is 0 Å². The van der Waals surface area contributed by atoms with Crippen LogP contribution in [0.4, 0.5) is 0 Å². The first-order chi connectivity index (χ1) is 17.9. The number of Topliss-reactive ketones (excluding diaryl/α,β-unsaturated/α-hetero) is 3. The predicted molar refractivity (Wildman–Crippen MR) is 147 cm³/mol. The van der Waals surface area contributed by atoms with Gasteiger partial charge in [0.15, 0.2) is 17.3 Å². The highest BCUT2D eigenvalue weighted by Gasteiger charge is 2.50. The van der Waals surface area contributed by atoms with Gasteiger partial charge in [-0.15, -0.1) is 0 Å². The average Bonchev–Trinajstić information content (AvgIpc) is 3.49. The van der Waals surface area contributed by atoms with Gasteiger partial charge in [-0.3, -0.25) is 14.4 Å². The normalized spacial score (nSPS) is 21.6. The molecule has 0 aromatic heterocycles. The largest absolute Gasteiger partial charge is 0.295 e. The molecular weight excluding hydrogens is 503 g/mol. The van der Waals surface area contributed by atoms with E-state index in [1.165, 1.54) is 5.56 Å². The molecule has 3 nitrogen and oxygen atoms in total. The number of benzene rings is 3. The van der Waals surface area contributed by atoms with Crippen LogP contribution in [0.1, 0.15) is 51.1 Å². The Morgan fingerprint density at radius 1 is 0.811 bits per heavy atom. The standard InChI is InChI=1S/C23H18Cl2O2.C9H8O/c24-17-7-3-15(4-8-17)14-23(22(27)16-5-9-18(25)10-6-16)13-1-2-19-20(23)11-12-21(19)26;10-9-6-5-7-3-1-2-4-8(7)9/h1-10,13,20H,11-12,14H2;1-4H,5-6H2. The van der Waals surface area contributed by atoms with Gasteiger partial charge >= 0.3 is 0 Å². The quantitative estimate of drug-likeness (QED) is 0.326. The van der Waals surface area contributed by atoms with Crippen LogP contribution in [-0.2, 0) is 17.6 Å². The van der Waals surface area contributed by atoms with Crippen molar-refractivity contribution in [2.45, 2.75) is 32.1 Å². The summed E-state index contributed by atoms with van der Waals surface area (Å²) in [5.41, 5.74) is 3.77. The molecule has 3 aromatic carbocycles. The third-order valence-electron chi connectivity index (χ3n) is 7.53. The van der Waals surface area contributed by atoms with E-state index in [0.29, 0.717) is 47.1 Å². The zero-order valence-electron chi connectivity index (χ0n) is 20.3. The fourth-order valence-corrected chi connectivity index (χ4v) is 5.90. The molecule has 0 radical (unpaired) electrons. The minimum atomic E-state index is -0.780. The van der Waals surface area contributed by atoms with Crippen LogP contribution in [-0.4, -0.2) is 17.3 Å². The van der Waals surface area contributed by atoms with Crippen molar-refractivity contribution in [3.05, 3.63) is 129 Å². The number of halogens is 2. The van der Waals surface area contributed by atoms with Crippen LogP contribution in [0.25, 0.3) is 0 Å². The lowest BCUT2D eigenvalue weighted by Crippen LogP contribution is -2.40. The summed E-state index contributed by atoms with van der Waals surface area (Å²) in [6, 6.07) is 22.4. The third-order valence-corrected chi connectivity index (χ3v) is 8.03. The fourth-order valence-electron chi connectivity index (χ4n) is 5.65. The highest BCUT2D eigenvalue weighted by Crippen LogP contribution is 2.49. The van der Waals surface area contributed by atoms with Crippen molar-refractivity contribution >= 4 is 40.6 Å². The second-order valence-electron chi connectivity index (χ2n) is 9.76. The van der Waals surface area contributed by atoms with Crippen molar-refractivity contribution in [2.75, 3.05) is 0 Å². The average molecular weight is 529 g/mol. The predicted octanol–water partition coefficient (Wildman–Crippen LogP) is 7.70. The Labute approximate surface area is 226 Å². The molecule has 0 N–H and O–H groups in total. The van der Waals surface area contributed by atoms with Crippen LogP contribution in [0.5, 0.6) is 0 Å². The molecule has 3 aliphatic rings. The molecule has 1 fully saturated rings. The van der Waals surface area contributed by atoms with Crippen molar-refractivity contribution < 1.29 is 14.4 Å². The number of ketones is 3. The Morgan fingerprint density at radius 2 is 1.49 bits per heavy atom. The van der Waals surface area contributed by atoms with Crippen LogP contribution < -0.4 is 0 Å². The van der Waals surface area contributed by atoms with Crippen LogP contribution in [0.2, 0.25) is 10.0 Å². The zero-order valence-corrected chi connectivity index (χ0v) is 21.8. The molecule has 0 spiro atoms. The van der Waals surface area contributed by atoms with Crippen molar-refractivity contribution in [3.63, 3.8) is 0 Å². The second-order valence-corrected chi connectivity index (χ2v) is 10.6. The first-order valence-electron chi connectivity index (χ1n) is 12.5. The third kappa shape index (κ3) is 5.12. The fraction of sp³-hybridized carbons (Fsp3) is 0.219. The summed E-state index contributed by atoms with van der Waals surface area (Å²) in [5.74, 6) is 0.369. The van der Waals surface area contributed by atoms with E-state index in [0.717, 1.165) is 23.1 Å². The molecule has 2 unspecified atom stereocenters. The Balaban J connectivity index is 0.000000233. The number of fused-ring (bicyclic) bond motifs is 2. The summed E-state index contributed by atoms with van der Waals surface area (Å²) in [7, 11) is 0. The van der Waals surface area contributed by atoms with Crippen molar-refractivity contribution in [1.82, 2.24) is 0 Å². The highest BCUT2D eigenvalue weighted by molar-refractivity contribution is 6.31. The molecule has 5 heteroatoms. The van der Waals surface area contributed by atoms with Crippen molar-refractivity contribution in [2.24, 2.45) is 11.3 Å². The highest BCUT2D eigenvalue weighted by atomic mass is 35.5. The van der Waals surface area contributed by atoms with E-state index in [2.05, 4.69) is 0 Å². The smallest absolute Gasteiger partial charge is 0.173 e. The van der Waals surface area contributed by atoms with E-state index in [-0.39, 0.29) is 17.5 Å². The lowest BCUT2D eigenvalue weighted by Gasteiger charge is -2.38. The first kappa shape index (κ1) is 25.4. The summed E-state index contributed by atoms with van der Waals surface area (Å²) >= 11 is 12.0. The number of rotatable bonds is 4. The molecule has 0 heterocycles. The SMILES string of the molecule is O=C1CCC2C1=CC=CC2(Cc1ccc(Cl)cc1)C(=O)c1ccc(Cl)cc1.O=C1CCc2ccccc21. The summed E-state index contributed by atoms with van der Waals surface area (Å²) < 4.78 is 0. The molecular formula is C32H26Cl2O3. The summed E-state index contributed by atoms with van der Waals surface area (Å²) in [4.78, 5) is 37.1. The maximum absolute atomic E-state index is 13.7. The minimum Gasteiger partial charge on any atom is -0.295 e. The number of hydrogen-bond acceptors (Lipinski definition) is 3. The molecule has 0 amide bonds. The number of allylic oxidation sites excluding steroid dienone is 4. The van der Waals surface area contributed by atoms with Gasteiger partial charge in [-0.25, -0.2) is 0 Å². The minimum absolute atomic E-state index is 0.0238. The number of carbonyl (C=O) groups excluding carboxylic acids is 3. The molecule has 186 valence electrons. The Hall–Kier alpha value is -3.27. The van der Waals surface area contributed by atoms with Gasteiger partial charge in [-0.1, -0.05) is 77.8 Å². The lowest BCUT2D eigenvalue weighted by molar-refractivity contribution is -0.114. The van der Waals surface area contributed by atoms with E-state index >= 15 is 0 Å². The van der Waals surface area contributed by atoms with E-state index in [1.807, 2.05) is 66.8 Å². The van der Waals surface area contributed by atoms with Crippen LogP contribution in [0.3, 0.4) is 0 Å². The maximum atomic E-state index is 13.7. The molecule has 37 heavy (non-hydrogen) atoms. The van der Waals surface area contributed by atoms with E-state index in [1.54, 1.807) is 24.3 Å². The van der Waals surface area contributed by atoms with Crippen LogP contribution in [0.15, 0.2) is 96.6 Å². The summed E-state index contributed by atoms with van der Waals surface area (Å²) in [6.45, 7) is 0. The van der Waals surface area contributed by atoms with Gasteiger partial charge in [0.05, 0.1) is 5.41 Å². The Kier molecular flexibility index (Phi) is 7.28. The van der Waals surface area contributed by atoms with Gasteiger partial charge in [-0.2, -0.15) is 0 Å². The lowest BCUT2D eigenvalue weighted by atomic mass is 9.63. The molecule has 3 aliphatic carbocycles. The number of carbonyl (C=O) groups is 3. The van der Waals surface area contributed by atoms with Crippen LogP contribution >= 0.6 is 23.2 Å². The summed E-state index contributed by atoms with van der Waals surface area (Å²) in [5, 5.41) is 1.25. The molecule has 1 saturated carbocycles. The van der Waals surface area contributed by atoms with Crippen molar-refractivity contribution in [3.8, 4) is 0 Å². The van der Waals surface area contributed by atoms with Gasteiger partial charge in [0, 0.05) is 39.9 Å². The van der Waals surface area contributed by atoms with Gasteiger partial charge in [-0.05, 0) is 72.4 Å². The van der Waals surface area contributed by atoms with Gasteiger partial charge in [0.2, 0.25) is 0 Å². The molecule has 0 saturated heterocycles. The maximum Gasteiger partial charge on any atom is 0.173 e. The molecule has 6 rings (SSSR count). The zero-order chi connectivity index (χ0) is 26.0. The molecule has 0 bridgehead atoms. The first-order valence-corrected chi connectivity index (χ1v) is 13.2. The molecule has 0 aliphatic heterocycles. The van der Waals surface area contributed by atoms with Crippen molar-refractivity contribution in [1.29, 1.82) is 0 Å². The van der Waals surface area contributed by atoms with E-state index in [4.69, 9.17) is 23.2 Å². The molecule has 3 aromatic rings. The Morgan fingerprint density at radius 3 is 2.19 bits per heavy atom. The monoisotopic (exact) mass is 528 g/mol. The van der Waals surface area contributed by atoms with E-state index in [9.17, 15) is 14.4 Å². The van der Waals surface area contributed by atoms with E-state index < -0.39 is 5.41 Å². The van der Waals surface area contributed by atoms with Gasteiger partial charge in [0.1, 0.15) is 0 Å². The summed E-state index contributed by atoms with van der Waals surface area (Å²) in [6.07, 6.45) is 9.07. The van der Waals surface area contributed by atoms with Crippen LogP contribution in [0, 0.1) is 11.3 Å². The number of hydrogen-bond donors (Lipinski definition) is 0. The Bertz CT molecular complexity index is 1420. The molecule has 2 atom stereocenters. The second kappa shape index (κ2) is 10.6.